The normalized spacial score (nSPS) is 21.1. The van der Waals surface area contributed by atoms with E-state index < -0.39 is 17.6 Å². The van der Waals surface area contributed by atoms with Crippen LogP contribution < -0.4 is 11.5 Å². The number of fused-ring (bicyclic) bond motifs is 1. The molecular formula is C22H31N5O5. The van der Waals surface area contributed by atoms with Crippen molar-refractivity contribution >= 4 is 23.1 Å². The topological polar surface area (TPSA) is 112 Å². The molecule has 0 radical (unpaired) electrons. The SMILES string of the molecule is Cn1c(=O)n(C2CCN(N)OC2=O)c2ccc(C3CCN(C(=O)OC(C)(C)C)CC3)cc21. The van der Waals surface area contributed by atoms with E-state index >= 15 is 0 Å². The molecule has 10 heteroatoms. The van der Waals surface area contributed by atoms with E-state index in [4.69, 9.17) is 15.4 Å². The highest BCUT2D eigenvalue weighted by Gasteiger charge is 2.33. The summed E-state index contributed by atoms with van der Waals surface area (Å²) in [6.45, 7) is 7.20. The zero-order chi connectivity index (χ0) is 23.2. The average molecular weight is 446 g/mol. The highest BCUT2D eigenvalue weighted by molar-refractivity contribution is 5.82. The Morgan fingerprint density at radius 2 is 1.78 bits per heavy atom. The fourth-order valence-corrected chi connectivity index (χ4v) is 4.48. The molecule has 32 heavy (non-hydrogen) atoms. The number of hydroxylamine groups is 1. The molecule has 1 aromatic carbocycles. The number of amides is 1. The number of carbonyl (C=O) groups is 2. The van der Waals surface area contributed by atoms with E-state index in [9.17, 15) is 14.4 Å². The predicted molar refractivity (Wildman–Crippen MR) is 118 cm³/mol. The summed E-state index contributed by atoms with van der Waals surface area (Å²) >= 11 is 0. The van der Waals surface area contributed by atoms with Crippen molar-refractivity contribution in [3.63, 3.8) is 0 Å². The van der Waals surface area contributed by atoms with Crippen molar-refractivity contribution < 1.29 is 19.2 Å². The van der Waals surface area contributed by atoms with Crippen molar-refractivity contribution in [1.82, 2.24) is 19.2 Å². The summed E-state index contributed by atoms with van der Waals surface area (Å²) in [7, 11) is 1.71. The molecule has 2 N–H and O–H groups in total. The van der Waals surface area contributed by atoms with Crippen LogP contribution in [0.4, 0.5) is 4.79 Å². The predicted octanol–water partition coefficient (Wildman–Crippen LogP) is 2.03. The van der Waals surface area contributed by atoms with Crippen LogP contribution in [-0.2, 0) is 21.4 Å². The van der Waals surface area contributed by atoms with Crippen LogP contribution in [0, 0.1) is 0 Å². The highest BCUT2D eigenvalue weighted by Crippen LogP contribution is 2.32. The lowest BCUT2D eigenvalue weighted by Gasteiger charge is -2.33. The summed E-state index contributed by atoms with van der Waals surface area (Å²) in [6.07, 6.45) is 1.77. The minimum atomic E-state index is -0.700. The first-order valence-electron chi connectivity index (χ1n) is 11.0. The third kappa shape index (κ3) is 4.24. The van der Waals surface area contributed by atoms with Crippen LogP contribution in [-0.4, -0.2) is 56.5 Å². The van der Waals surface area contributed by atoms with Gasteiger partial charge in [0.15, 0.2) is 0 Å². The van der Waals surface area contributed by atoms with E-state index in [1.807, 2.05) is 39.0 Å². The lowest BCUT2D eigenvalue weighted by molar-refractivity contribution is -0.208. The number of hydrogen-bond donors (Lipinski definition) is 1. The fraction of sp³-hybridized carbons (Fsp3) is 0.591. The van der Waals surface area contributed by atoms with Crippen molar-refractivity contribution in [2.45, 2.75) is 57.6 Å². The van der Waals surface area contributed by atoms with Gasteiger partial charge in [-0.2, -0.15) is 0 Å². The smallest absolute Gasteiger partial charge is 0.410 e. The molecule has 1 amide bonds. The number of benzene rings is 1. The Morgan fingerprint density at radius 3 is 2.41 bits per heavy atom. The zero-order valence-corrected chi connectivity index (χ0v) is 19.0. The summed E-state index contributed by atoms with van der Waals surface area (Å²) in [5, 5.41) is 0.997. The molecule has 2 fully saturated rings. The lowest BCUT2D eigenvalue weighted by Crippen LogP contribution is -2.45. The zero-order valence-electron chi connectivity index (χ0n) is 19.0. The summed E-state index contributed by atoms with van der Waals surface area (Å²) in [5.41, 5.74) is 1.81. The number of hydrazine groups is 1. The molecule has 2 aliphatic heterocycles. The second-order valence-electron chi connectivity index (χ2n) is 9.56. The molecule has 0 saturated carbocycles. The van der Waals surface area contributed by atoms with Gasteiger partial charge >= 0.3 is 17.8 Å². The largest absolute Gasteiger partial charge is 0.444 e. The van der Waals surface area contributed by atoms with E-state index in [2.05, 4.69) is 0 Å². The van der Waals surface area contributed by atoms with E-state index in [0.29, 0.717) is 31.6 Å². The Bertz CT molecular complexity index is 1090. The van der Waals surface area contributed by atoms with Crippen LogP contribution >= 0.6 is 0 Å². The minimum Gasteiger partial charge on any atom is -0.444 e. The van der Waals surface area contributed by atoms with Gasteiger partial charge in [0.2, 0.25) is 0 Å². The van der Waals surface area contributed by atoms with Crippen LogP contribution in [0.2, 0.25) is 0 Å². The Labute approximate surface area is 186 Å². The number of carbonyl (C=O) groups excluding carboxylic acids is 2. The van der Waals surface area contributed by atoms with E-state index in [1.54, 1.807) is 16.5 Å². The number of piperidine rings is 1. The van der Waals surface area contributed by atoms with Gasteiger partial charge in [-0.25, -0.2) is 20.2 Å². The molecule has 0 bridgehead atoms. The monoisotopic (exact) mass is 445 g/mol. The number of likely N-dealkylation sites (tertiary alicyclic amines) is 1. The molecular weight excluding hydrogens is 414 g/mol. The molecule has 1 aromatic heterocycles. The van der Waals surface area contributed by atoms with Gasteiger partial charge in [0.25, 0.3) is 0 Å². The van der Waals surface area contributed by atoms with Crippen LogP contribution in [0.1, 0.15) is 57.6 Å². The second-order valence-corrected chi connectivity index (χ2v) is 9.56. The number of imidazole rings is 1. The standard InChI is InChI=1S/C22H31N5O5/c1-22(2,3)31-21(30)25-10-7-14(8-11-25)15-5-6-16-18(13-15)24(4)20(29)27(16)17-9-12-26(23)32-19(17)28/h5-6,13-14,17H,7-12,23H2,1-4H3. The highest BCUT2D eigenvalue weighted by atomic mass is 16.7. The van der Waals surface area contributed by atoms with Gasteiger partial charge in [-0.05, 0) is 63.6 Å². The van der Waals surface area contributed by atoms with Gasteiger partial charge in [-0.3, -0.25) is 9.13 Å². The van der Waals surface area contributed by atoms with Crippen LogP contribution in [0.15, 0.2) is 23.0 Å². The summed E-state index contributed by atoms with van der Waals surface area (Å²) < 4.78 is 8.54. The van der Waals surface area contributed by atoms with Crippen molar-refractivity contribution in [2.24, 2.45) is 12.9 Å². The van der Waals surface area contributed by atoms with Gasteiger partial charge in [-0.1, -0.05) is 11.2 Å². The molecule has 10 nitrogen and oxygen atoms in total. The number of hydrogen-bond acceptors (Lipinski definition) is 7. The lowest BCUT2D eigenvalue weighted by atomic mass is 9.89. The van der Waals surface area contributed by atoms with Gasteiger partial charge in [-0.15, -0.1) is 0 Å². The van der Waals surface area contributed by atoms with E-state index in [1.165, 1.54) is 4.57 Å². The van der Waals surface area contributed by atoms with Crippen LogP contribution in [0.5, 0.6) is 0 Å². The van der Waals surface area contributed by atoms with Crippen molar-refractivity contribution in [2.75, 3.05) is 19.6 Å². The molecule has 1 atom stereocenters. The fourth-order valence-electron chi connectivity index (χ4n) is 4.48. The van der Waals surface area contributed by atoms with Gasteiger partial charge < -0.3 is 14.5 Å². The molecule has 2 aromatic rings. The summed E-state index contributed by atoms with van der Waals surface area (Å²) in [4.78, 5) is 44.4. The van der Waals surface area contributed by atoms with Crippen LogP contribution in [0.25, 0.3) is 11.0 Å². The first-order valence-corrected chi connectivity index (χ1v) is 11.0. The molecule has 174 valence electrons. The molecule has 4 rings (SSSR count). The minimum absolute atomic E-state index is 0.260. The van der Waals surface area contributed by atoms with Gasteiger partial charge in [0, 0.05) is 20.1 Å². The van der Waals surface area contributed by atoms with Crippen molar-refractivity contribution in [3.8, 4) is 0 Å². The van der Waals surface area contributed by atoms with Gasteiger partial charge in [0.1, 0.15) is 11.6 Å². The van der Waals surface area contributed by atoms with Crippen LogP contribution in [0.3, 0.4) is 0 Å². The molecule has 3 heterocycles. The first-order chi connectivity index (χ1) is 15.0. The molecule has 2 aliphatic rings. The quantitative estimate of drug-likeness (QED) is 0.704. The summed E-state index contributed by atoms with van der Waals surface area (Å²) in [6, 6.07) is 5.22. The summed E-state index contributed by atoms with van der Waals surface area (Å²) in [5.74, 6) is 5.29. The molecule has 2 saturated heterocycles. The number of ether oxygens (including phenoxy) is 1. The van der Waals surface area contributed by atoms with Crippen molar-refractivity contribution in [1.29, 1.82) is 0 Å². The van der Waals surface area contributed by atoms with E-state index in [0.717, 1.165) is 29.1 Å². The number of nitrogens with zero attached hydrogens (tertiary/aromatic N) is 4. The number of rotatable bonds is 2. The Morgan fingerprint density at radius 1 is 1.09 bits per heavy atom. The Kier molecular flexibility index (Phi) is 5.76. The first kappa shape index (κ1) is 22.3. The second kappa shape index (κ2) is 8.25. The molecule has 0 aliphatic carbocycles. The van der Waals surface area contributed by atoms with Crippen molar-refractivity contribution in [3.05, 3.63) is 34.2 Å². The number of nitrogens with two attached hydrogens (primary N) is 1. The Hall–Kier alpha value is -2.85. The van der Waals surface area contributed by atoms with E-state index in [-0.39, 0.29) is 17.7 Å². The maximum atomic E-state index is 12.9. The average Bonchev–Trinajstić information content (AvgIpc) is 2.97. The maximum Gasteiger partial charge on any atom is 0.410 e. The number of aryl methyl sites for hydroxylation is 1. The third-order valence-electron chi connectivity index (χ3n) is 6.15. The number of aromatic nitrogens is 2. The maximum absolute atomic E-state index is 12.9. The molecule has 1 unspecified atom stereocenters. The Balaban J connectivity index is 1.54. The molecule has 0 spiro atoms. The van der Waals surface area contributed by atoms with Gasteiger partial charge in [0.05, 0.1) is 17.6 Å². The third-order valence-corrected chi connectivity index (χ3v) is 6.15.